The third-order valence-corrected chi connectivity index (χ3v) is 4.71. The zero-order valence-corrected chi connectivity index (χ0v) is 14.0. The van der Waals surface area contributed by atoms with Gasteiger partial charge in [0.05, 0.1) is 12.1 Å². The van der Waals surface area contributed by atoms with Crippen molar-refractivity contribution in [3.63, 3.8) is 0 Å². The largest absolute Gasteiger partial charge is 0.378 e. The highest BCUT2D eigenvalue weighted by molar-refractivity contribution is 5.81. The molecule has 2 saturated heterocycles. The second-order valence-corrected chi connectivity index (χ2v) is 7.02. The summed E-state index contributed by atoms with van der Waals surface area (Å²) in [5, 5.41) is 0. The fraction of sp³-hybridized carbons (Fsp3) is 0.941. The molecule has 0 saturated carbocycles. The van der Waals surface area contributed by atoms with Crippen LogP contribution in [-0.2, 0) is 9.53 Å². The van der Waals surface area contributed by atoms with E-state index >= 15 is 0 Å². The fourth-order valence-corrected chi connectivity index (χ4v) is 3.29. The number of ether oxygens (including phenoxy) is 1. The summed E-state index contributed by atoms with van der Waals surface area (Å²) in [7, 11) is 0. The molecule has 2 aliphatic rings. The van der Waals surface area contributed by atoms with E-state index in [1.54, 1.807) is 0 Å². The van der Waals surface area contributed by atoms with Crippen molar-refractivity contribution in [1.29, 1.82) is 0 Å². The summed E-state index contributed by atoms with van der Waals surface area (Å²) in [5.41, 5.74) is 0. The highest BCUT2D eigenvalue weighted by Gasteiger charge is 2.30. The second kappa shape index (κ2) is 8.14. The van der Waals surface area contributed by atoms with Gasteiger partial charge in [-0.1, -0.05) is 13.8 Å². The SMILES string of the molecule is CC(C)COC1CCN([C@@H](C)C(=O)N2CCCCC2)CC1. The van der Waals surface area contributed by atoms with E-state index in [4.69, 9.17) is 4.74 Å². The first-order chi connectivity index (χ1) is 10.1. The molecule has 0 bridgehead atoms. The van der Waals surface area contributed by atoms with E-state index in [2.05, 4.69) is 30.6 Å². The fourth-order valence-electron chi connectivity index (χ4n) is 3.29. The minimum Gasteiger partial charge on any atom is -0.378 e. The number of amides is 1. The molecule has 0 aromatic rings. The maximum atomic E-state index is 12.5. The third-order valence-electron chi connectivity index (χ3n) is 4.71. The van der Waals surface area contributed by atoms with Gasteiger partial charge in [0.1, 0.15) is 0 Å². The van der Waals surface area contributed by atoms with Crippen molar-refractivity contribution in [3.05, 3.63) is 0 Å². The second-order valence-electron chi connectivity index (χ2n) is 7.02. The Morgan fingerprint density at radius 1 is 1.05 bits per heavy atom. The lowest BCUT2D eigenvalue weighted by molar-refractivity contribution is -0.138. The van der Waals surface area contributed by atoms with Crippen LogP contribution in [-0.4, -0.2) is 60.6 Å². The molecule has 0 spiro atoms. The first kappa shape index (κ1) is 16.8. The van der Waals surface area contributed by atoms with Gasteiger partial charge >= 0.3 is 0 Å². The van der Waals surface area contributed by atoms with Gasteiger partial charge < -0.3 is 9.64 Å². The summed E-state index contributed by atoms with van der Waals surface area (Å²) in [5.74, 6) is 0.930. The van der Waals surface area contributed by atoms with Crippen LogP contribution in [0.15, 0.2) is 0 Å². The van der Waals surface area contributed by atoms with Crippen LogP contribution >= 0.6 is 0 Å². The number of likely N-dealkylation sites (tertiary alicyclic amines) is 2. The number of piperidine rings is 2. The van der Waals surface area contributed by atoms with Crippen molar-refractivity contribution < 1.29 is 9.53 Å². The zero-order valence-electron chi connectivity index (χ0n) is 14.0. The van der Waals surface area contributed by atoms with Crippen LogP contribution in [0.4, 0.5) is 0 Å². The third kappa shape index (κ3) is 4.96. The summed E-state index contributed by atoms with van der Waals surface area (Å²) in [6.07, 6.45) is 6.12. The summed E-state index contributed by atoms with van der Waals surface area (Å²) in [6.45, 7) is 11.2. The molecule has 1 atom stereocenters. The lowest BCUT2D eigenvalue weighted by Gasteiger charge is -2.38. The molecule has 4 nitrogen and oxygen atoms in total. The highest BCUT2D eigenvalue weighted by Crippen LogP contribution is 2.19. The van der Waals surface area contributed by atoms with Crippen LogP contribution in [0.5, 0.6) is 0 Å². The van der Waals surface area contributed by atoms with Crippen molar-refractivity contribution in [3.8, 4) is 0 Å². The molecule has 0 aromatic carbocycles. The van der Waals surface area contributed by atoms with Crippen molar-refractivity contribution in [1.82, 2.24) is 9.80 Å². The maximum absolute atomic E-state index is 12.5. The Bertz CT molecular complexity index is 319. The van der Waals surface area contributed by atoms with Gasteiger partial charge in [0, 0.05) is 32.8 Å². The predicted octanol–water partition coefficient (Wildman–Crippen LogP) is 2.52. The standard InChI is InChI=1S/C17H32N2O2/c1-14(2)13-21-16-7-11-18(12-8-16)15(3)17(20)19-9-5-4-6-10-19/h14-16H,4-13H2,1-3H3/t15-/m0/s1. The molecule has 0 unspecified atom stereocenters. The smallest absolute Gasteiger partial charge is 0.239 e. The van der Waals surface area contributed by atoms with E-state index in [0.717, 1.165) is 45.6 Å². The number of hydrogen-bond acceptors (Lipinski definition) is 3. The maximum Gasteiger partial charge on any atom is 0.239 e. The molecule has 21 heavy (non-hydrogen) atoms. The molecule has 122 valence electrons. The van der Waals surface area contributed by atoms with E-state index in [9.17, 15) is 4.79 Å². The molecule has 2 rings (SSSR count). The average molecular weight is 296 g/mol. The van der Waals surface area contributed by atoms with E-state index in [1.165, 1.54) is 19.3 Å². The molecule has 4 heteroatoms. The average Bonchev–Trinajstić information content (AvgIpc) is 2.53. The van der Waals surface area contributed by atoms with E-state index < -0.39 is 0 Å². The van der Waals surface area contributed by atoms with Crippen LogP contribution in [0.1, 0.15) is 52.9 Å². The van der Waals surface area contributed by atoms with Crippen molar-refractivity contribution >= 4 is 5.91 Å². The Kier molecular flexibility index (Phi) is 6.49. The lowest BCUT2D eigenvalue weighted by atomic mass is 10.0. The Morgan fingerprint density at radius 2 is 1.67 bits per heavy atom. The quantitative estimate of drug-likeness (QED) is 0.781. The van der Waals surface area contributed by atoms with Crippen LogP contribution < -0.4 is 0 Å². The van der Waals surface area contributed by atoms with Gasteiger partial charge in [-0.15, -0.1) is 0 Å². The number of carbonyl (C=O) groups is 1. The monoisotopic (exact) mass is 296 g/mol. The van der Waals surface area contributed by atoms with Gasteiger partial charge in [0.2, 0.25) is 5.91 Å². The number of hydrogen-bond donors (Lipinski definition) is 0. The number of carbonyl (C=O) groups excluding carboxylic acids is 1. The summed E-state index contributed by atoms with van der Waals surface area (Å²) in [6, 6.07) is 0.0362. The molecular weight excluding hydrogens is 264 g/mol. The predicted molar refractivity (Wildman–Crippen MR) is 85.3 cm³/mol. The first-order valence-corrected chi connectivity index (χ1v) is 8.72. The van der Waals surface area contributed by atoms with Crippen molar-refractivity contribution in [2.45, 2.75) is 65.0 Å². The van der Waals surface area contributed by atoms with E-state index in [0.29, 0.717) is 17.9 Å². The van der Waals surface area contributed by atoms with Crippen LogP contribution in [0.3, 0.4) is 0 Å². The summed E-state index contributed by atoms with van der Waals surface area (Å²) in [4.78, 5) is 17.0. The van der Waals surface area contributed by atoms with Gasteiger partial charge in [0.25, 0.3) is 0 Å². The van der Waals surface area contributed by atoms with Crippen molar-refractivity contribution in [2.24, 2.45) is 5.92 Å². The molecule has 0 aromatic heterocycles. The summed E-state index contributed by atoms with van der Waals surface area (Å²) >= 11 is 0. The number of rotatable bonds is 5. The molecule has 0 radical (unpaired) electrons. The van der Waals surface area contributed by atoms with E-state index in [-0.39, 0.29) is 6.04 Å². The normalized spacial score (nSPS) is 23.5. The molecule has 0 aliphatic carbocycles. The van der Waals surface area contributed by atoms with Crippen molar-refractivity contribution in [2.75, 3.05) is 32.8 Å². The molecule has 2 heterocycles. The van der Waals surface area contributed by atoms with Gasteiger partial charge in [-0.2, -0.15) is 0 Å². The Hall–Kier alpha value is -0.610. The molecule has 2 aliphatic heterocycles. The van der Waals surface area contributed by atoms with Crippen LogP contribution in [0.2, 0.25) is 0 Å². The van der Waals surface area contributed by atoms with Gasteiger partial charge in [0.15, 0.2) is 0 Å². The first-order valence-electron chi connectivity index (χ1n) is 8.72. The van der Waals surface area contributed by atoms with E-state index in [1.807, 2.05) is 0 Å². The highest BCUT2D eigenvalue weighted by atomic mass is 16.5. The molecule has 1 amide bonds. The van der Waals surface area contributed by atoms with Gasteiger partial charge in [-0.3, -0.25) is 9.69 Å². The zero-order chi connectivity index (χ0) is 15.2. The lowest BCUT2D eigenvalue weighted by Crippen LogP contribution is -2.51. The Morgan fingerprint density at radius 3 is 2.24 bits per heavy atom. The topological polar surface area (TPSA) is 32.8 Å². The Balaban J connectivity index is 1.74. The molecule has 2 fully saturated rings. The summed E-state index contributed by atoms with van der Waals surface area (Å²) < 4.78 is 5.93. The Labute approximate surface area is 129 Å². The minimum atomic E-state index is 0.0362. The van der Waals surface area contributed by atoms with Crippen LogP contribution in [0.25, 0.3) is 0 Å². The van der Waals surface area contributed by atoms with Gasteiger partial charge in [-0.25, -0.2) is 0 Å². The molecular formula is C17H32N2O2. The van der Waals surface area contributed by atoms with Gasteiger partial charge in [-0.05, 0) is 44.9 Å². The molecule has 0 N–H and O–H groups in total. The minimum absolute atomic E-state index is 0.0362. The number of nitrogens with zero attached hydrogens (tertiary/aromatic N) is 2. The van der Waals surface area contributed by atoms with Crippen LogP contribution in [0, 0.1) is 5.92 Å².